The molecule has 0 fully saturated rings. The van der Waals surface area contributed by atoms with Crippen LogP contribution < -0.4 is 11.1 Å². The number of alkyl halides is 3. The number of pyridine rings is 1. The second-order valence-electron chi connectivity index (χ2n) is 8.21. The minimum Gasteiger partial charge on any atom is -0.475 e. The molecule has 1 atom stereocenters. The van der Waals surface area contributed by atoms with Crippen molar-refractivity contribution in [1.29, 1.82) is 0 Å². The van der Waals surface area contributed by atoms with Gasteiger partial charge in [0.15, 0.2) is 17.1 Å². The van der Waals surface area contributed by atoms with Crippen molar-refractivity contribution in [1.82, 2.24) is 34.5 Å². The van der Waals surface area contributed by atoms with E-state index in [1.807, 2.05) is 54.6 Å². The lowest BCUT2D eigenvalue weighted by Crippen LogP contribution is -2.28. The molecule has 15 heteroatoms. The first-order valence-electron chi connectivity index (χ1n) is 11.2. The van der Waals surface area contributed by atoms with Gasteiger partial charge in [-0.05, 0) is 31.5 Å². The maximum atomic E-state index is 13.2. The van der Waals surface area contributed by atoms with E-state index in [0.29, 0.717) is 22.1 Å². The van der Waals surface area contributed by atoms with Crippen LogP contribution >= 0.6 is 11.6 Å². The number of benzene rings is 1. The van der Waals surface area contributed by atoms with Crippen LogP contribution in [0.15, 0.2) is 54.9 Å². The molecule has 1 amide bonds. The number of nitrogen functional groups attached to an aromatic ring is 1. The van der Waals surface area contributed by atoms with Gasteiger partial charge in [0.1, 0.15) is 11.4 Å². The predicted molar refractivity (Wildman–Crippen MR) is 135 cm³/mol. The SMILES string of the molecule is Cc1nnc2c(Cl)cc(C(C)NC(=O)c3c(N)nn4cccnc34)c(-c3ccccc3)n12.O=C(O)C(F)(F)F. The van der Waals surface area contributed by atoms with Gasteiger partial charge in [-0.15, -0.1) is 15.3 Å². The molecular weight excluding hydrogens is 541 g/mol. The Labute approximate surface area is 223 Å². The number of carbonyl (C=O) groups is 2. The number of nitrogens with zero attached hydrogens (tertiary/aromatic N) is 6. The Balaban J connectivity index is 0.000000448. The number of hydrogen-bond acceptors (Lipinski definition) is 7. The minimum atomic E-state index is -5.08. The zero-order chi connectivity index (χ0) is 28.5. The fraction of sp³-hybridized carbons (Fsp3) is 0.167. The third kappa shape index (κ3) is 5.45. The Bertz CT molecular complexity index is 1690. The highest BCUT2D eigenvalue weighted by Crippen LogP contribution is 2.34. The van der Waals surface area contributed by atoms with E-state index in [2.05, 4.69) is 25.6 Å². The monoisotopic (exact) mass is 560 g/mol. The summed E-state index contributed by atoms with van der Waals surface area (Å²) in [7, 11) is 0. The Morgan fingerprint density at radius 1 is 1.13 bits per heavy atom. The Hall–Kier alpha value is -4.72. The molecule has 202 valence electrons. The molecule has 39 heavy (non-hydrogen) atoms. The summed E-state index contributed by atoms with van der Waals surface area (Å²) in [4.78, 5) is 26.3. The molecule has 5 aromatic rings. The highest BCUT2D eigenvalue weighted by molar-refractivity contribution is 6.33. The van der Waals surface area contributed by atoms with Crippen molar-refractivity contribution in [2.24, 2.45) is 0 Å². The number of nitrogens with two attached hydrogens (primary N) is 1. The number of fused-ring (bicyclic) bond motifs is 2. The average Bonchev–Trinajstić information content (AvgIpc) is 3.43. The summed E-state index contributed by atoms with van der Waals surface area (Å²) in [6.45, 7) is 3.75. The van der Waals surface area contributed by atoms with Crippen LogP contribution in [-0.2, 0) is 4.79 Å². The van der Waals surface area contributed by atoms with Gasteiger partial charge >= 0.3 is 12.1 Å². The maximum absolute atomic E-state index is 13.2. The highest BCUT2D eigenvalue weighted by Gasteiger charge is 2.38. The van der Waals surface area contributed by atoms with E-state index in [9.17, 15) is 18.0 Å². The lowest BCUT2D eigenvalue weighted by atomic mass is 10.00. The van der Waals surface area contributed by atoms with Crippen LogP contribution in [0.25, 0.3) is 22.6 Å². The van der Waals surface area contributed by atoms with Crippen LogP contribution in [0.4, 0.5) is 19.0 Å². The van der Waals surface area contributed by atoms with Gasteiger partial charge in [0.25, 0.3) is 5.91 Å². The number of carboxylic acid groups (broad SMARTS) is 1. The summed E-state index contributed by atoms with van der Waals surface area (Å²) in [6.07, 6.45) is -1.80. The van der Waals surface area contributed by atoms with E-state index in [4.69, 9.17) is 27.2 Å². The largest absolute Gasteiger partial charge is 0.490 e. The summed E-state index contributed by atoms with van der Waals surface area (Å²) >= 11 is 6.54. The van der Waals surface area contributed by atoms with Crippen molar-refractivity contribution < 1.29 is 27.9 Å². The van der Waals surface area contributed by atoms with Gasteiger partial charge in [-0.3, -0.25) is 9.20 Å². The van der Waals surface area contributed by atoms with Gasteiger partial charge < -0.3 is 16.2 Å². The first-order chi connectivity index (χ1) is 18.4. The smallest absolute Gasteiger partial charge is 0.475 e. The molecule has 0 saturated heterocycles. The molecule has 1 unspecified atom stereocenters. The third-order valence-corrected chi connectivity index (χ3v) is 5.85. The van der Waals surface area contributed by atoms with Crippen molar-refractivity contribution >= 4 is 40.6 Å². The zero-order valence-corrected chi connectivity index (χ0v) is 21.1. The van der Waals surface area contributed by atoms with Crippen molar-refractivity contribution in [2.45, 2.75) is 26.1 Å². The number of amides is 1. The molecule has 0 saturated carbocycles. The van der Waals surface area contributed by atoms with E-state index in [1.54, 1.807) is 18.5 Å². The molecular formula is C24H20ClF3N8O3. The van der Waals surface area contributed by atoms with E-state index >= 15 is 0 Å². The number of aromatic nitrogens is 6. The lowest BCUT2D eigenvalue weighted by molar-refractivity contribution is -0.192. The molecule has 4 heterocycles. The average molecular weight is 561 g/mol. The number of anilines is 1. The molecule has 0 radical (unpaired) electrons. The van der Waals surface area contributed by atoms with Crippen molar-refractivity contribution in [3.63, 3.8) is 0 Å². The van der Waals surface area contributed by atoms with E-state index in [0.717, 1.165) is 16.8 Å². The molecule has 0 bridgehead atoms. The quantitative estimate of drug-likeness (QED) is 0.297. The normalized spacial score (nSPS) is 12.2. The zero-order valence-electron chi connectivity index (χ0n) is 20.3. The number of aliphatic carboxylic acids is 1. The van der Waals surface area contributed by atoms with Gasteiger partial charge in [-0.2, -0.15) is 13.2 Å². The minimum absolute atomic E-state index is 0.111. The van der Waals surface area contributed by atoms with E-state index < -0.39 is 18.2 Å². The number of aryl methyl sites for hydroxylation is 1. The highest BCUT2D eigenvalue weighted by atomic mass is 35.5. The number of nitrogens with one attached hydrogen (secondary N) is 1. The summed E-state index contributed by atoms with van der Waals surface area (Å²) < 4.78 is 35.1. The predicted octanol–water partition coefficient (Wildman–Crippen LogP) is 4.11. The Kier molecular flexibility index (Phi) is 7.40. The summed E-state index contributed by atoms with van der Waals surface area (Å²) in [6, 6.07) is 13.0. The molecule has 1 aromatic carbocycles. The summed E-state index contributed by atoms with van der Waals surface area (Å²) in [5, 5.41) is 23.2. The molecule has 11 nitrogen and oxygen atoms in total. The summed E-state index contributed by atoms with van der Waals surface area (Å²) in [5.74, 6) is -2.33. The fourth-order valence-corrected chi connectivity index (χ4v) is 4.11. The van der Waals surface area contributed by atoms with E-state index in [-0.39, 0.29) is 17.3 Å². The molecule has 4 N–H and O–H groups in total. The van der Waals surface area contributed by atoms with Crippen molar-refractivity contribution in [3.05, 3.63) is 76.8 Å². The first-order valence-corrected chi connectivity index (χ1v) is 11.6. The molecule has 4 aromatic heterocycles. The van der Waals surface area contributed by atoms with Crippen LogP contribution in [0.5, 0.6) is 0 Å². The van der Waals surface area contributed by atoms with Crippen LogP contribution in [0.1, 0.15) is 34.7 Å². The molecule has 5 rings (SSSR count). The Morgan fingerprint density at radius 3 is 2.44 bits per heavy atom. The molecule has 0 aliphatic heterocycles. The lowest BCUT2D eigenvalue weighted by Gasteiger charge is -2.20. The summed E-state index contributed by atoms with van der Waals surface area (Å²) in [5.41, 5.74) is 9.81. The van der Waals surface area contributed by atoms with Crippen molar-refractivity contribution in [3.8, 4) is 11.3 Å². The maximum Gasteiger partial charge on any atom is 0.490 e. The second-order valence-corrected chi connectivity index (χ2v) is 8.62. The number of halogens is 4. The number of hydrogen-bond donors (Lipinski definition) is 3. The van der Waals surface area contributed by atoms with Crippen LogP contribution in [0.3, 0.4) is 0 Å². The van der Waals surface area contributed by atoms with Crippen molar-refractivity contribution in [2.75, 3.05) is 5.73 Å². The molecule has 0 aliphatic rings. The van der Waals surface area contributed by atoms with Gasteiger partial charge in [0.2, 0.25) is 0 Å². The van der Waals surface area contributed by atoms with E-state index in [1.165, 1.54) is 4.52 Å². The fourth-order valence-electron chi connectivity index (χ4n) is 3.87. The molecule has 0 spiro atoms. The van der Waals surface area contributed by atoms with Crippen LogP contribution in [0, 0.1) is 6.92 Å². The van der Waals surface area contributed by atoms with Crippen LogP contribution in [-0.4, -0.2) is 52.4 Å². The van der Waals surface area contributed by atoms with Gasteiger partial charge in [-0.1, -0.05) is 41.9 Å². The third-order valence-electron chi connectivity index (χ3n) is 5.57. The number of carbonyl (C=O) groups excluding carboxylic acids is 1. The van der Waals surface area contributed by atoms with Gasteiger partial charge in [0.05, 0.1) is 16.8 Å². The van der Waals surface area contributed by atoms with Gasteiger partial charge in [-0.25, -0.2) is 14.3 Å². The van der Waals surface area contributed by atoms with Gasteiger partial charge in [0, 0.05) is 18.0 Å². The number of carboxylic acids is 1. The standard InChI is InChI=1S/C22H19ClN8O.C2HF3O2/c1-12(26-22(32)17-19(24)29-30-10-6-9-25-21(17)30)15-11-16(23)20-28-27-13(2)31(20)18(15)14-7-4-3-5-8-14;3-2(4,5)1(6)7/h3-12H,1-2H3,(H2,24,29)(H,26,32);(H,6,7). The molecule has 0 aliphatic carbocycles. The topological polar surface area (TPSA) is 153 Å². The Morgan fingerprint density at radius 2 is 1.79 bits per heavy atom. The second kappa shape index (κ2) is 10.6. The number of rotatable bonds is 4. The first kappa shape index (κ1) is 27.3. The van der Waals surface area contributed by atoms with Crippen LogP contribution in [0.2, 0.25) is 5.02 Å².